The van der Waals surface area contributed by atoms with Crippen LogP contribution < -0.4 is 4.74 Å². The minimum atomic E-state index is -1.32. The Morgan fingerprint density at radius 3 is 0.953 bits per heavy atom. The molecule has 0 bridgehead atoms. The van der Waals surface area contributed by atoms with Gasteiger partial charge in [0, 0.05) is 167 Å². The Morgan fingerprint density at radius 2 is 0.604 bits per heavy atom. The van der Waals surface area contributed by atoms with E-state index in [2.05, 4.69) is 66.3 Å². The Bertz CT molecular complexity index is 8770. The maximum absolute atomic E-state index is 11.5. The van der Waals surface area contributed by atoms with Crippen molar-refractivity contribution < 1.29 is 64.1 Å². The second kappa shape index (κ2) is 46.1. The molecule has 0 aliphatic heterocycles. The van der Waals surface area contributed by atoms with Gasteiger partial charge in [0.15, 0.2) is 5.60 Å². The van der Waals surface area contributed by atoms with Crippen LogP contribution in [0.3, 0.4) is 0 Å². The zero-order valence-corrected chi connectivity index (χ0v) is 82.5. The summed E-state index contributed by atoms with van der Waals surface area (Å²) in [5.41, 5.74) is 15.6. The molecule has 0 amide bonds. The van der Waals surface area contributed by atoms with Gasteiger partial charge in [0.25, 0.3) is 0 Å². The number of carbonyl (C=O) groups is 6. The van der Waals surface area contributed by atoms with E-state index in [-0.39, 0.29) is 18.4 Å². The van der Waals surface area contributed by atoms with Crippen LogP contribution in [-0.4, -0.2) is 111 Å². The lowest BCUT2D eigenvalue weighted by atomic mass is 9.93. The van der Waals surface area contributed by atoms with Gasteiger partial charge >= 0.3 is 35.8 Å². The number of aromatic nitrogens is 6. The molecule has 0 saturated carbocycles. The van der Waals surface area contributed by atoms with E-state index >= 15 is 0 Å². The predicted octanol–water partition coefficient (Wildman–Crippen LogP) is 26.4. The molecular formula is C122H88N12O13S2. The summed E-state index contributed by atoms with van der Waals surface area (Å²) in [4.78, 5) is 94.7. The second-order valence-electron chi connectivity index (χ2n) is 35.7. The Balaban J connectivity index is 0.000000134. The first-order valence-corrected chi connectivity index (χ1v) is 47.9. The van der Waals surface area contributed by atoms with Crippen molar-refractivity contribution in [2.24, 2.45) is 0 Å². The Hall–Kier alpha value is -19.7. The van der Waals surface area contributed by atoms with E-state index < -0.39 is 50.9 Å². The monoisotopic (exact) mass is 1990 g/mol. The van der Waals surface area contributed by atoms with Gasteiger partial charge in [0.05, 0.1) is 81.8 Å². The van der Waals surface area contributed by atoms with Crippen LogP contribution in [0, 0.1) is 68.0 Å². The average molecular weight is 1990 g/mol. The maximum Gasteiger partial charge on any atom is 0.347 e. The Kier molecular flexibility index (Phi) is 32.1. The first kappa shape index (κ1) is 104. The minimum Gasteiger partial charge on any atom is -0.481 e. The third-order valence-electron chi connectivity index (χ3n) is 24.5. The van der Waals surface area contributed by atoms with E-state index in [0.29, 0.717) is 45.6 Å². The fourth-order valence-electron chi connectivity index (χ4n) is 16.6. The van der Waals surface area contributed by atoms with Crippen molar-refractivity contribution in [3.05, 3.63) is 403 Å². The lowest BCUT2D eigenvalue weighted by Crippen LogP contribution is -2.37. The van der Waals surface area contributed by atoms with Crippen LogP contribution in [0.25, 0.3) is 153 Å². The number of benzene rings is 14. The standard InChI is InChI=1S/C24H18N2O2S.C22H14N2O2.C20H16N2O3.C20H16N2O2S.C19H14N2O2.C17H10N2O2/c1-24(2,23(27)28)29-17-9-7-16-13-26-14-22(21(16)11-17)20-10-8-15(12-25)18-5-3-4-6-19(18)20;23-11-15-7-8-19(18-4-2-1-3-17(15)18)21-13-24-12-16-6-5-14(9-20(16)21)10-22(25)26;2*1-20(2,19(23)24)25-16-8-7-15-11-22-12-18(17(15)9-16)14-5-3-13(10-21)4-6-14;20-10-14-2-5-15(6-3-14)18-12-21-11-16-7-1-13(9-17(16)18)4-8-19(22)23;18-8-11-1-3-12(4-2-11)16-10-19-9-14-6-5-13(17(20)21)7-15(14)16/h3-11,13-14H,1-2H3,(H,27,28);1-9,12-13H,10H2,(H,25,26);2*3-9,11-12H,1-2H3,(H,23,24);1-3,5-7,9,11-12H,4,8H2,(H,22,23);1-7,9-10H,(H,20,21). The Labute approximate surface area is 863 Å². The molecule has 0 atom stereocenters. The van der Waals surface area contributed by atoms with Crippen molar-refractivity contribution in [2.75, 3.05) is 0 Å². The van der Waals surface area contributed by atoms with E-state index in [1.165, 1.54) is 37.4 Å². The molecule has 6 aromatic heterocycles. The molecule has 0 radical (unpaired) electrons. The number of nitriles is 6. The summed E-state index contributed by atoms with van der Waals surface area (Å²) in [6.45, 7) is 9.80. The number of aryl methyl sites for hydroxylation is 1. The second-order valence-corrected chi connectivity index (χ2v) is 39.1. The summed E-state index contributed by atoms with van der Waals surface area (Å²) >= 11 is 2.64. The lowest BCUT2D eigenvalue weighted by molar-refractivity contribution is -0.152. The summed E-state index contributed by atoms with van der Waals surface area (Å²) < 4.78 is 3.80. The van der Waals surface area contributed by atoms with Crippen LogP contribution in [0.5, 0.6) is 5.75 Å². The number of nitrogens with zero attached hydrogens (tertiary/aromatic N) is 12. The number of pyridine rings is 6. The van der Waals surface area contributed by atoms with Crippen molar-refractivity contribution in [1.82, 2.24) is 29.9 Å². The molecule has 27 heteroatoms. The van der Waals surface area contributed by atoms with Crippen LogP contribution in [-0.2, 0) is 36.8 Å². The van der Waals surface area contributed by atoms with Gasteiger partial charge in [-0.3, -0.25) is 49.1 Å². The number of ether oxygens (including phenoxy) is 1. The topological polar surface area (TPSA) is 453 Å². The highest BCUT2D eigenvalue weighted by Crippen LogP contribution is 2.43. The third-order valence-corrected chi connectivity index (χ3v) is 26.8. The molecule has 0 unspecified atom stereocenters. The first-order valence-electron chi connectivity index (χ1n) is 46.3. The maximum atomic E-state index is 11.5. The lowest BCUT2D eigenvalue weighted by Gasteiger charge is -2.22. The van der Waals surface area contributed by atoms with Crippen LogP contribution in [0.4, 0.5) is 0 Å². The van der Waals surface area contributed by atoms with E-state index in [1.807, 2.05) is 219 Å². The van der Waals surface area contributed by atoms with Gasteiger partial charge in [-0.15, -0.1) is 23.5 Å². The van der Waals surface area contributed by atoms with E-state index in [0.717, 1.165) is 174 Å². The number of fused-ring (bicyclic) bond motifs is 8. The molecule has 14 aromatic carbocycles. The fourth-order valence-corrected chi connectivity index (χ4v) is 18.5. The van der Waals surface area contributed by atoms with Gasteiger partial charge < -0.3 is 35.4 Å². The molecule has 0 aliphatic rings. The minimum absolute atomic E-state index is 0.0220. The molecule has 25 nitrogen and oxygen atoms in total. The van der Waals surface area contributed by atoms with Gasteiger partial charge in [-0.2, -0.15) is 31.6 Å². The van der Waals surface area contributed by atoms with Crippen LogP contribution in [0.1, 0.15) is 103 Å². The molecule has 0 saturated heterocycles. The first-order chi connectivity index (χ1) is 71.7. The number of hydrogen-bond acceptors (Lipinski definition) is 21. The van der Waals surface area contributed by atoms with Gasteiger partial charge in [-0.1, -0.05) is 158 Å². The smallest absolute Gasteiger partial charge is 0.347 e. The summed E-state index contributed by atoms with van der Waals surface area (Å²) in [5, 5.41) is 125. The van der Waals surface area contributed by atoms with Crippen molar-refractivity contribution >= 4 is 146 Å². The molecule has 149 heavy (non-hydrogen) atoms. The molecule has 6 heterocycles. The third kappa shape index (κ3) is 24.6. The zero-order valence-electron chi connectivity index (χ0n) is 80.8. The predicted molar refractivity (Wildman–Crippen MR) is 578 cm³/mol. The number of aromatic carboxylic acids is 1. The van der Waals surface area contributed by atoms with Crippen LogP contribution >= 0.6 is 23.5 Å². The number of hydrogen-bond donors (Lipinski definition) is 6. The normalized spacial score (nSPS) is 10.9. The van der Waals surface area contributed by atoms with E-state index in [4.69, 9.17) is 41.1 Å². The fraction of sp³-hybridized carbons (Fsp3) is 0.0984. The van der Waals surface area contributed by atoms with E-state index in [1.54, 1.807) is 162 Å². The highest BCUT2D eigenvalue weighted by Gasteiger charge is 2.32. The number of thioether (sulfide) groups is 2. The average Bonchev–Trinajstić information content (AvgIpc) is 0.765. The van der Waals surface area contributed by atoms with Gasteiger partial charge in [0.2, 0.25) is 0 Å². The molecular weight excluding hydrogens is 1910 g/mol. The number of rotatable bonds is 21. The molecule has 0 fully saturated rings. The SMILES string of the molecule is CC(C)(Oc1ccc2cncc(-c3ccc(C#N)cc3)c2c1)C(=O)O.CC(C)(Sc1ccc2cncc(-c3ccc(C#N)c4ccccc34)c2c1)C(=O)O.CC(C)(Sc1ccc2cncc(-c3ccc(C#N)cc3)c2c1)C(=O)O.N#Cc1ccc(-c2cncc3ccc(C(=O)O)cc23)cc1.N#Cc1ccc(-c2cncc3ccc(CC(=O)O)cc23)c2ccccc12.N#Cc1ccc(-c2cncc3ccc(CCC(=O)O)cc23)cc1. The molecule has 726 valence electrons. The van der Waals surface area contributed by atoms with Crippen molar-refractivity contribution in [3.8, 4) is 109 Å². The Morgan fingerprint density at radius 1 is 0.289 bits per heavy atom. The molecule has 0 aliphatic carbocycles. The number of carboxylic acid groups (broad SMARTS) is 6. The van der Waals surface area contributed by atoms with Gasteiger partial charge in [-0.05, 0) is 257 Å². The number of carboxylic acids is 6. The van der Waals surface area contributed by atoms with E-state index in [9.17, 15) is 54.6 Å². The van der Waals surface area contributed by atoms with Gasteiger partial charge in [0.1, 0.15) is 15.2 Å². The highest BCUT2D eigenvalue weighted by molar-refractivity contribution is 8.01. The highest BCUT2D eigenvalue weighted by atomic mass is 32.2. The summed E-state index contributed by atoms with van der Waals surface area (Å²) in [6, 6.07) is 98.9. The number of aliphatic carboxylic acids is 5. The molecule has 20 aromatic rings. The van der Waals surface area contributed by atoms with Crippen molar-refractivity contribution in [2.45, 2.75) is 85.7 Å². The molecule has 0 spiro atoms. The van der Waals surface area contributed by atoms with Gasteiger partial charge in [-0.25, -0.2) is 9.59 Å². The zero-order chi connectivity index (χ0) is 106. The summed E-state index contributed by atoms with van der Waals surface area (Å²) in [5.74, 6) is -4.87. The quantitative estimate of drug-likeness (QED) is 0.0364. The van der Waals surface area contributed by atoms with Crippen LogP contribution in [0.2, 0.25) is 0 Å². The largest absolute Gasteiger partial charge is 0.481 e. The summed E-state index contributed by atoms with van der Waals surface area (Å²) in [7, 11) is 0. The van der Waals surface area contributed by atoms with Crippen LogP contribution in [0.15, 0.2) is 363 Å². The van der Waals surface area contributed by atoms with Crippen molar-refractivity contribution in [1.29, 1.82) is 31.6 Å². The summed E-state index contributed by atoms with van der Waals surface area (Å²) in [6.07, 6.45) is 21.9. The van der Waals surface area contributed by atoms with Crippen molar-refractivity contribution in [3.63, 3.8) is 0 Å². The molecule has 6 N–H and O–H groups in total. The molecule has 20 rings (SSSR count).